The van der Waals surface area contributed by atoms with Crippen LogP contribution < -0.4 is 11.1 Å². The Bertz CT molecular complexity index is 381. The minimum Gasteiger partial charge on any atom is -0.376 e. The van der Waals surface area contributed by atoms with E-state index in [9.17, 15) is 0 Å². The van der Waals surface area contributed by atoms with E-state index in [1.54, 1.807) is 10.9 Å². The maximum atomic E-state index is 5.77. The second kappa shape index (κ2) is 5.67. The van der Waals surface area contributed by atoms with Gasteiger partial charge in [-0.1, -0.05) is 0 Å². The van der Waals surface area contributed by atoms with E-state index < -0.39 is 0 Å². The molecule has 1 aliphatic rings. The van der Waals surface area contributed by atoms with E-state index in [0.717, 1.165) is 31.7 Å². The van der Waals surface area contributed by atoms with E-state index >= 15 is 0 Å². The number of nitrogens with zero attached hydrogens (tertiary/aromatic N) is 3. The first-order chi connectivity index (χ1) is 8.25. The number of rotatable bonds is 4. The van der Waals surface area contributed by atoms with Gasteiger partial charge in [0.25, 0.3) is 0 Å². The minimum absolute atomic E-state index is 0.278. The molecule has 0 aromatic carbocycles. The number of aromatic nitrogens is 2. The Morgan fingerprint density at radius 3 is 3.29 bits per heavy atom. The molecule has 0 bridgehead atoms. The number of ether oxygens (including phenoxy) is 1. The number of nitrogens with one attached hydrogen (secondary N) is 1. The van der Waals surface area contributed by atoms with Crippen LogP contribution >= 0.6 is 0 Å². The van der Waals surface area contributed by atoms with Crippen LogP contribution in [0.3, 0.4) is 0 Å². The molecule has 0 spiro atoms. The zero-order chi connectivity index (χ0) is 12.1. The van der Waals surface area contributed by atoms with Crippen molar-refractivity contribution in [2.45, 2.75) is 25.5 Å². The van der Waals surface area contributed by atoms with Crippen molar-refractivity contribution in [2.24, 2.45) is 17.8 Å². The molecule has 94 valence electrons. The molecule has 0 amide bonds. The fraction of sp³-hybridized carbons (Fsp3) is 0.636. The molecule has 3 N–H and O–H groups in total. The molecule has 2 rings (SSSR count). The Labute approximate surface area is 101 Å². The molecule has 2 heterocycles. The monoisotopic (exact) mass is 237 g/mol. The van der Waals surface area contributed by atoms with Gasteiger partial charge in [-0.05, 0) is 18.9 Å². The van der Waals surface area contributed by atoms with Gasteiger partial charge in [-0.3, -0.25) is 4.68 Å². The van der Waals surface area contributed by atoms with Crippen molar-refractivity contribution in [3.8, 4) is 0 Å². The van der Waals surface area contributed by atoms with Gasteiger partial charge in [-0.2, -0.15) is 5.10 Å². The number of aliphatic imine (C=N–C) groups is 1. The van der Waals surface area contributed by atoms with E-state index in [1.165, 1.54) is 0 Å². The summed E-state index contributed by atoms with van der Waals surface area (Å²) in [4.78, 5) is 4.26. The van der Waals surface area contributed by atoms with Gasteiger partial charge < -0.3 is 15.8 Å². The Morgan fingerprint density at radius 1 is 1.76 bits per heavy atom. The van der Waals surface area contributed by atoms with Crippen LogP contribution in [0.2, 0.25) is 0 Å². The molecule has 6 nitrogen and oxygen atoms in total. The number of aryl methyl sites for hydroxylation is 1. The molecular weight excluding hydrogens is 218 g/mol. The van der Waals surface area contributed by atoms with Gasteiger partial charge in [0.2, 0.25) is 0 Å². The highest BCUT2D eigenvalue weighted by molar-refractivity contribution is 5.77. The zero-order valence-electron chi connectivity index (χ0n) is 10.1. The number of nitrogens with two attached hydrogens (primary N) is 1. The van der Waals surface area contributed by atoms with Crippen molar-refractivity contribution in [3.63, 3.8) is 0 Å². The highest BCUT2D eigenvalue weighted by Crippen LogP contribution is 2.10. The van der Waals surface area contributed by atoms with E-state index in [2.05, 4.69) is 15.4 Å². The molecule has 0 aliphatic carbocycles. The SMILES string of the molecule is Cn1nccc1CN=C(N)NCC1CCCO1. The highest BCUT2D eigenvalue weighted by Gasteiger charge is 2.14. The van der Waals surface area contributed by atoms with Gasteiger partial charge in [0.05, 0.1) is 18.3 Å². The molecule has 0 saturated carbocycles. The third-order valence-corrected chi connectivity index (χ3v) is 2.87. The second-order valence-corrected chi connectivity index (χ2v) is 4.16. The average Bonchev–Trinajstić information content (AvgIpc) is 2.95. The Morgan fingerprint density at radius 2 is 2.65 bits per heavy atom. The number of hydrogen-bond acceptors (Lipinski definition) is 3. The summed E-state index contributed by atoms with van der Waals surface area (Å²) in [6, 6.07) is 1.93. The first-order valence-corrected chi connectivity index (χ1v) is 5.88. The molecule has 1 saturated heterocycles. The van der Waals surface area contributed by atoms with Gasteiger partial charge >= 0.3 is 0 Å². The molecule has 1 atom stereocenters. The van der Waals surface area contributed by atoms with Crippen molar-refractivity contribution >= 4 is 5.96 Å². The lowest BCUT2D eigenvalue weighted by molar-refractivity contribution is 0.114. The Balaban J connectivity index is 1.75. The van der Waals surface area contributed by atoms with Gasteiger partial charge in [-0.15, -0.1) is 0 Å². The lowest BCUT2D eigenvalue weighted by Crippen LogP contribution is -2.37. The van der Waals surface area contributed by atoms with Crippen LogP contribution in [-0.2, 0) is 18.3 Å². The van der Waals surface area contributed by atoms with Gasteiger partial charge in [0, 0.05) is 26.4 Å². The first-order valence-electron chi connectivity index (χ1n) is 5.88. The summed E-state index contributed by atoms with van der Waals surface area (Å²) in [5.41, 5.74) is 6.81. The molecular formula is C11H19N5O. The van der Waals surface area contributed by atoms with Crippen LogP contribution in [-0.4, -0.2) is 35.0 Å². The summed E-state index contributed by atoms with van der Waals surface area (Å²) in [6.45, 7) is 2.14. The number of guanidine groups is 1. The van der Waals surface area contributed by atoms with Crippen LogP contribution in [0.25, 0.3) is 0 Å². The molecule has 1 fully saturated rings. The first kappa shape index (κ1) is 11.9. The summed E-state index contributed by atoms with van der Waals surface area (Å²) >= 11 is 0. The quantitative estimate of drug-likeness (QED) is 0.571. The van der Waals surface area contributed by atoms with Gasteiger partial charge in [0.1, 0.15) is 0 Å². The van der Waals surface area contributed by atoms with Gasteiger partial charge in [-0.25, -0.2) is 4.99 Å². The predicted octanol–water partition coefficient (Wildman–Crippen LogP) is 0.00340. The summed E-state index contributed by atoms with van der Waals surface area (Å²) in [6.07, 6.45) is 4.27. The topological polar surface area (TPSA) is 77.5 Å². The van der Waals surface area contributed by atoms with Crippen molar-refractivity contribution < 1.29 is 4.74 Å². The van der Waals surface area contributed by atoms with E-state index in [1.807, 2.05) is 13.1 Å². The molecule has 6 heteroatoms. The number of hydrogen-bond donors (Lipinski definition) is 2. The van der Waals surface area contributed by atoms with E-state index in [0.29, 0.717) is 12.5 Å². The summed E-state index contributed by atoms with van der Waals surface area (Å²) < 4.78 is 7.27. The van der Waals surface area contributed by atoms with Gasteiger partial charge in [0.15, 0.2) is 5.96 Å². The molecule has 1 aliphatic heterocycles. The molecule has 1 unspecified atom stereocenters. The molecule has 17 heavy (non-hydrogen) atoms. The fourth-order valence-electron chi connectivity index (χ4n) is 1.80. The van der Waals surface area contributed by atoms with Crippen molar-refractivity contribution in [2.75, 3.05) is 13.2 Å². The third-order valence-electron chi connectivity index (χ3n) is 2.87. The second-order valence-electron chi connectivity index (χ2n) is 4.16. The van der Waals surface area contributed by atoms with Crippen LogP contribution in [0.15, 0.2) is 17.3 Å². The highest BCUT2D eigenvalue weighted by atomic mass is 16.5. The van der Waals surface area contributed by atoms with Crippen molar-refractivity contribution in [3.05, 3.63) is 18.0 Å². The van der Waals surface area contributed by atoms with Crippen LogP contribution in [0, 0.1) is 0 Å². The molecule has 1 aromatic rings. The smallest absolute Gasteiger partial charge is 0.189 e. The normalized spacial score (nSPS) is 20.8. The summed E-state index contributed by atoms with van der Waals surface area (Å²) in [5, 5.41) is 7.15. The van der Waals surface area contributed by atoms with Crippen LogP contribution in [0.5, 0.6) is 0 Å². The molecule has 1 aromatic heterocycles. The van der Waals surface area contributed by atoms with Crippen LogP contribution in [0.4, 0.5) is 0 Å². The van der Waals surface area contributed by atoms with Crippen molar-refractivity contribution in [1.82, 2.24) is 15.1 Å². The average molecular weight is 237 g/mol. The summed E-state index contributed by atoms with van der Waals surface area (Å²) in [7, 11) is 1.89. The maximum Gasteiger partial charge on any atom is 0.189 e. The fourth-order valence-corrected chi connectivity index (χ4v) is 1.80. The summed E-state index contributed by atoms with van der Waals surface area (Å²) in [5.74, 6) is 0.460. The maximum absolute atomic E-state index is 5.77. The Kier molecular flexibility index (Phi) is 3.98. The van der Waals surface area contributed by atoms with Crippen LogP contribution in [0.1, 0.15) is 18.5 Å². The zero-order valence-corrected chi connectivity index (χ0v) is 10.1. The lowest BCUT2D eigenvalue weighted by atomic mass is 10.2. The lowest BCUT2D eigenvalue weighted by Gasteiger charge is -2.10. The van der Waals surface area contributed by atoms with Crippen molar-refractivity contribution in [1.29, 1.82) is 0 Å². The largest absolute Gasteiger partial charge is 0.376 e. The van der Waals surface area contributed by atoms with E-state index in [4.69, 9.17) is 10.5 Å². The third kappa shape index (κ3) is 3.45. The van der Waals surface area contributed by atoms with E-state index in [-0.39, 0.29) is 6.10 Å². The minimum atomic E-state index is 0.278. The standard InChI is InChI=1S/C11H19N5O/c1-16-9(4-5-15-16)7-13-11(12)14-8-10-3-2-6-17-10/h4-5,10H,2-3,6-8H2,1H3,(H3,12,13,14). The Hall–Kier alpha value is -1.56. The molecule has 0 radical (unpaired) electrons. The predicted molar refractivity (Wildman–Crippen MR) is 65.5 cm³/mol.